The van der Waals surface area contributed by atoms with Crippen LogP contribution < -0.4 is 4.90 Å². The Morgan fingerprint density at radius 1 is 0.900 bits per heavy atom. The molecule has 6 nitrogen and oxygen atoms in total. The van der Waals surface area contributed by atoms with Crippen LogP contribution in [0.5, 0.6) is 0 Å². The number of piperidine rings is 1. The molecule has 220 valence electrons. The number of likely N-dealkylation sites (N-methyl/N-ethyl adjacent to an activating group) is 1. The standard InChI is InChI=1S/C27H30F7N3O3/c1-25(2,3)22-21(15-6-8-18(28)9-7-15)20(10-11-37(22)24(39)40)36(5)23(38)35(4)19-13-16(26(29,30)31)12-17(14-19)27(32,33)34/h6-9,12-14,20-22H,10-11H2,1-5H3,(H,39,40)/t20-,21+,22?/m0/s1. The summed E-state index contributed by atoms with van der Waals surface area (Å²) in [5.41, 5.74) is -3.89. The van der Waals surface area contributed by atoms with E-state index in [1.54, 1.807) is 0 Å². The normalized spacial score (nSPS) is 20.3. The van der Waals surface area contributed by atoms with Crippen molar-refractivity contribution >= 4 is 17.8 Å². The zero-order valence-corrected chi connectivity index (χ0v) is 22.4. The molecule has 0 radical (unpaired) electrons. The Bertz CT molecular complexity index is 1210. The minimum absolute atomic E-state index is 0.0166. The van der Waals surface area contributed by atoms with Crippen LogP contribution in [0.1, 0.15) is 49.8 Å². The Morgan fingerprint density at radius 2 is 1.40 bits per heavy atom. The molecule has 1 unspecified atom stereocenters. The number of carbonyl (C=O) groups excluding carboxylic acids is 1. The smallest absolute Gasteiger partial charge is 0.416 e. The van der Waals surface area contributed by atoms with E-state index >= 15 is 0 Å². The van der Waals surface area contributed by atoms with Crippen molar-refractivity contribution in [1.29, 1.82) is 0 Å². The molecular weight excluding hydrogens is 547 g/mol. The second-order valence-corrected chi connectivity index (χ2v) is 10.9. The van der Waals surface area contributed by atoms with Crippen LogP contribution in [-0.2, 0) is 12.4 Å². The van der Waals surface area contributed by atoms with Gasteiger partial charge in [0.05, 0.1) is 11.1 Å². The van der Waals surface area contributed by atoms with Crippen molar-refractivity contribution in [3.8, 4) is 0 Å². The quantitative estimate of drug-likeness (QED) is 0.390. The average molecular weight is 578 g/mol. The van der Waals surface area contributed by atoms with Gasteiger partial charge < -0.3 is 14.9 Å². The number of nitrogens with zero attached hydrogens (tertiary/aromatic N) is 3. The number of halogens is 7. The minimum atomic E-state index is -5.09. The van der Waals surface area contributed by atoms with Crippen LogP contribution in [0.3, 0.4) is 0 Å². The molecule has 1 fully saturated rings. The van der Waals surface area contributed by atoms with Crippen LogP contribution in [0.4, 0.5) is 46.0 Å². The van der Waals surface area contributed by atoms with Crippen LogP contribution in [0.15, 0.2) is 42.5 Å². The van der Waals surface area contributed by atoms with Gasteiger partial charge in [0.2, 0.25) is 0 Å². The highest BCUT2D eigenvalue weighted by atomic mass is 19.4. The first-order valence-corrected chi connectivity index (χ1v) is 12.3. The number of alkyl halides is 6. The number of anilines is 1. The molecule has 3 atom stereocenters. The molecule has 2 aromatic carbocycles. The molecule has 1 heterocycles. The van der Waals surface area contributed by atoms with Crippen molar-refractivity contribution in [3.05, 3.63) is 65.0 Å². The van der Waals surface area contributed by atoms with Crippen LogP contribution in [-0.4, -0.2) is 59.8 Å². The van der Waals surface area contributed by atoms with Crippen LogP contribution in [0, 0.1) is 11.2 Å². The third-order valence-corrected chi connectivity index (χ3v) is 7.19. The number of benzene rings is 2. The lowest BCUT2D eigenvalue weighted by Crippen LogP contribution is -2.61. The van der Waals surface area contributed by atoms with Crippen molar-refractivity contribution in [2.24, 2.45) is 5.41 Å². The maximum Gasteiger partial charge on any atom is 0.416 e. The predicted molar refractivity (Wildman–Crippen MR) is 134 cm³/mol. The van der Waals surface area contributed by atoms with Crippen LogP contribution in [0.2, 0.25) is 0 Å². The molecule has 3 rings (SSSR count). The summed E-state index contributed by atoms with van der Waals surface area (Å²) in [5.74, 6) is -1.23. The van der Waals surface area contributed by atoms with Gasteiger partial charge in [-0.05, 0) is 47.7 Å². The summed E-state index contributed by atoms with van der Waals surface area (Å²) < 4.78 is 94.2. The molecule has 1 aliphatic heterocycles. The molecule has 40 heavy (non-hydrogen) atoms. The van der Waals surface area contributed by atoms with Gasteiger partial charge in [-0.25, -0.2) is 14.0 Å². The number of likely N-dealkylation sites (tertiary alicyclic amines) is 1. The largest absolute Gasteiger partial charge is 0.465 e. The molecular formula is C27H30F7N3O3. The van der Waals surface area contributed by atoms with Crippen LogP contribution >= 0.6 is 0 Å². The fourth-order valence-corrected chi connectivity index (χ4v) is 5.36. The first kappa shape index (κ1) is 31.0. The van der Waals surface area contributed by atoms with Gasteiger partial charge in [0.15, 0.2) is 0 Å². The lowest BCUT2D eigenvalue weighted by atomic mass is 9.69. The van der Waals surface area contributed by atoms with Crippen molar-refractivity contribution in [3.63, 3.8) is 0 Å². The Hall–Kier alpha value is -3.51. The van der Waals surface area contributed by atoms with Gasteiger partial charge in [0.1, 0.15) is 5.82 Å². The third kappa shape index (κ3) is 6.44. The molecule has 0 aliphatic carbocycles. The number of hydrogen-bond donors (Lipinski definition) is 1. The SMILES string of the molecule is CN(C(=O)N(C)[C@H]1CCN(C(=O)O)C(C(C)(C)C)[C@@H]1c1ccc(F)cc1)c1cc(C(F)(F)F)cc(C(F)(F)F)c1. The summed E-state index contributed by atoms with van der Waals surface area (Å²) >= 11 is 0. The Labute approximate surface area is 227 Å². The zero-order chi connectivity index (χ0) is 30.4. The second kappa shape index (κ2) is 10.8. The highest BCUT2D eigenvalue weighted by Gasteiger charge is 2.49. The zero-order valence-electron chi connectivity index (χ0n) is 22.4. The summed E-state index contributed by atoms with van der Waals surface area (Å²) in [6, 6.07) is 3.90. The van der Waals surface area contributed by atoms with Crippen molar-refractivity contribution in [1.82, 2.24) is 9.80 Å². The predicted octanol–water partition coefficient (Wildman–Crippen LogP) is 7.30. The van der Waals surface area contributed by atoms with E-state index in [0.717, 1.165) is 7.05 Å². The molecule has 0 bridgehead atoms. The van der Waals surface area contributed by atoms with Gasteiger partial charge >= 0.3 is 24.5 Å². The van der Waals surface area contributed by atoms with E-state index in [1.165, 1.54) is 41.1 Å². The molecule has 0 aromatic heterocycles. The van der Waals surface area contributed by atoms with E-state index in [0.29, 0.717) is 22.6 Å². The Kier molecular flexibility index (Phi) is 8.38. The number of hydrogen-bond acceptors (Lipinski definition) is 2. The summed E-state index contributed by atoms with van der Waals surface area (Å²) in [4.78, 5) is 28.9. The van der Waals surface area contributed by atoms with Gasteiger partial charge in [-0.2, -0.15) is 26.3 Å². The number of urea groups is 1. The number of carbonyl (C=O) groups is 2. The molecule has 2 aromatic rings. The third-order valence-electron chi connectivity index (χ3n) is 7.19. The highest BCUT2D eigenvalue weighted by molar-refractivity contribution is 5.92. The van der Waals surface area contributed by atoms with E-state index < -0.39 is 70.5 Å². The van der Waals surface area contributed by atoms with Gasteiger partial charge in [-0.1, -0.05) is 32.9 Å². The maximum absolute atomic E-state index is 13.8. The molecule has 1 N–H and O–H groups in total. The summed E-state index contributed by atoms with van der Waals surface area (Å²) in [7, 11) is 2.42. The minimum Gasteiger partial charge on any atom is -0.465 e. The topological polar surface area (TPSA) is 64.1 Å². The number of carboxylic acid groups (broad SMARTS) is 1. The maximum atomic E-state index is 13.8. The summed E-state index contributed by atoms with van der Waals surface area (Å²) in [5, 5.41) is 9.93. The summed E-state index contributed by atoms with van der Waals surface area (Å²) in [6.45, 7) is 5.44. The Balaban J connectivity index is 2.08. The van der Waals surface area contributed by atoms with Crippen LogP contribution in [0.25, 0.3) is 0 Å². The molecule has 0 spiro atoms. The van der Waals surface area contributed by atoms with Crippen molar-refractivity contribution < 1.29 is 45.4 Å². The van der Waals surface area contributed by atoms with E-state index in [1.807, 2.05) is 20.8 Å². The van der Waals surface area contributed by atoms with Crippen molar-refractivity contribution in [2.75, 3.05) is 25.5 Å². The summed E-state index contributed by atoms with van der Waals surface area (Å²) in [6.07, 6.45) is -11.3. The average Bonchev–Trinajstić information content (AvgIpc) is 2.85. The monoisotopic (exact) mass is 577 g/mol. The van der Waals surface area contributed by atoms with E-state index in [2.05, 4.69) is 0 Å². The highest BCUT2D eigenvalue weighted by Crippen LogP contribution is 2.44. The van der Waals surface area contributed by atoms with Gasteiger partial charge in [0.25, 0.3) is 0 Å². The van der Waals surface area contributed by atoms with E-state index in [9.17, 15) is 45.4 Å². The molecule has 1 saturated heterocycles. The fourth-order valence-electron chi connectivity index (χ4n) is 5.36. The van der Waals surface area contributed by atoms with Gasteiger partial charge in [-0.15, -0.1) is 0 Å². The first-order chi connectivity index (χ1) is 18.2. The van der Waals surface area contributed by atoms with Gasteiger partial charge in [0, 0.05) is 44.3 Å². The van der Waals surface area contributed by atoms with E-state index in [4.69, 9.17) is 0 Å². The molecule has 13 heteroatoms. The van der Waals surface area contributed by atoms with E-state index in [-0.39, 0.29) is 19.0 Å². The molecule has 3 amide bonds. The Morgan fingerprint density at radius 3 is 1.82 bits per heavy atom. The molecule has 0 saturated carbocycles. The number of rotatable bonds is 3. The molecule has 1 aliphatic rings. The van der Waals surface area contributed by atoms with Gasteiger partial charge in [-0.3, -0.25) is 4.90 Å². The second-order valence-electron chi connectivity index (χ2n) is 10.9. The lowest BCUT2D eigenvalue weighted by Gasteiger charge is -2.52. The fraction of sp³-hybridized carbons (Fsp3) is 0.481. The number of amides is 3. The van der Waals surface area contributed by atoms with Crippen molar-refractivity contribution in [2.45, 2.75) is 57.5 Å². The lowest BCUT2D eigenvalue weighted by molar-refractivity contribution is -0.143. The first-order valence-electron chi connectivity index (χ1n) is 12.3.